The molecule has 0 aliphatic heterocycles. The van der Waals surface area contributed by atoms with Crippen LogP contribution in [0.1, 0.15) is 16.9 Å². The van der Waals surface area contributed by atoms with E-state index in [1.54, 1.807) is 6.26 Å². The molecule has 16 heavy (non-hydrogen) atoms. The van der Waals surface area contributed by atoms with E-state index >= 15 is 0 Å². The summed E-state index contributed by atoms with van der Waals surface area (Å²) in [5, 5.41) is 4.13. The van der Waals surface area contributed by atoms with Crippen molar-refractivity contribution in [2.45, 2.75) is 20.0 Å². The van der Waals surface area contributed by atoms with Gasteiger partial charge in [0.15, 0.2) is 0 Å². The molecule has 0 bridgehead atoms. The van der Waals surface area contributed by atoms with Crippen molar-refractivity contribution in [2.75, 3.05) is 0 Å². The summed E-state index contributed by atoms with van der Waals surface area (Å²) < 4.78 is 5.23. The van der Waals surface area contributed by atoms with Crippen LogP contribution in [0.4, 0.5) is 0 Å². The Labute approximate surface area is 100 Å². The average Bonchev–Trinajstić information content (AvgIpc) is 2.76. The zero-order valence-corrected chi connectivity index (χ0v) is 9.92. The van der Waals surface area contributed by atoms with Crippen LogP contribution in [0, 0.1) is 6.92 Å². The molecule has 1 aromatic heterocycles. The summed E-state index contributed by atoms with van der Waals surface area (Å²) in [6.45, 7) is 3.58. The normalized spacial score (nSPS) is 10.6. The molecule has 0 saturated carbocycles. The van der Waals surface area contributed by atoms with E-state index in [9.17, 15) is 0 Å². The van der Waals surface area contributed by atoms with Gasteiger partial charge in [0.1, 0.15) is 5.76 Å². The molecule has 2 nitrogen and oxygen atoms in total. The summed E-state index contributed by atoms with van der Waals surface area (Å²) in [4.78, 5) is 0. The van der Waals surface area contributed by atoms with Gasteiger partial charge in [-0.2, -0.15) is 0 Å². The number of hydrogen-bond acceptors (Lipinski definition) is 2. The molecule has 0 aliphatic carbocycles. The highest BCUT2D eigenvalue weighted by Crippen LogP contribution is 2.16. The lowest BCUT2D eigenvalue weighted by Crippen LogP contribution is -2.12. The van der Waals surface area contributed by atoms with Gasteiger partial charge in [0.05, 0.1) is 12.8 Å². The highest BCUT2D eigenvalue weighted by atomic mass is 35.5. The van der Waals surface area contributed by atoms with Crippen LogP contribution in [0.25, 0.3) is 0 Å². The van der Waals surface area contributed by atoms with Crippen LogP contribution < -0.4 is 5.32 Å². The highest BCUT2D eigenvalue weighted by Gasteiger charge is 1.98. The second-order valence-electron chi connectivity index (χ2n) is 3.77. The lowest BCUT2D eigenvalue weighted by Gasteiger charge is -2.05. The number of furan rings is 1. The van der Waals surface area contributed by atoms with Crippen molar-refractivity contribution in [3.63, 3.8) is 0 Å². The van der Waals surface area contributed by atoms with E-state index in [0.717, 1.165) is 29.4 Å². The van der Waals surface area contributed by atoms with Gasteiger partial charge in [0.2, 0.25) is 0 Å². The van der Waals surface area contributed by atoms with Crippen LogP contribution in [0.5, 0.6) is 0 Å². The summed E-state index contributed by atoms with van der Waals surface area (Å²) in [7, 11) is 0. The smallest absolute Gasteiger partial charge is 0.117 e. The Morgan fingerprint density at radius 3 is 2.81 bits per heavy atom. The Balaban J connectivity index is 1.87. The van der Waals surface area contributed by atoms with Crippen molar-refractivity contribution in [3.05, 3.63) is 58.5 Å². The van der Waals surface area contributed by atoms with Crippen molar-refractivity contribution in [2.24, 2.45) is 0 Å². The molecule has 0 unspecified atom stereocenters. The Kier molecular flexibility index (Phi) is 3.65. The SMILES string of the molecule is Cc1cc(CNCc2ccco2)ccc1Cl. The zero-order valence-electron chi connectivity index (χ0n) is 9.16. The maximum absolute atomic E-state index is 5.96. The van der Waals surface area contributed by atoms with Gasteiger partial charge in [-0.1, -0.05) is 23.7 Å². The third-order valence-corrected chi connectivity index (χ3v) is 2.85. The van der Waals surface area contributed by atoms with Gasteiger partial charge in [-0.15, -0.1) is 0 Å². The topological polar surface area (TPSA) is 25.2 Å². The van der Waals surface area contributed by atoms with Crippen molar-refractivity contribution >= 4 is 11.6 Å². The molecule has 0 aliphatic rings. The molecule has 3 heteroatoms. The first-order valence-electron chi connectivity index (χ1n) is 5.24. The lowest BCUT2D eigenvalue weighted by atomic mass is 10.1. The number of benzene rings is 1. The maximum Gasteiger partial charge on any atom is 0.117 e. The van der Waals surface area contributed by atoms with Crippen molar-refractivity contribution in [3.8, 4) is 0 Å². The minimum Gasteiger partial charge on any atom is -0.468 e. The molecular weight excluding hydrogens is 222 g/mol. The number of nitrogens with one attached hydrogen (secondary N) is 1. The van der Waals surface area contributed by atoms with E-state index in [-0.39, 0.29) is 0 Å². The molecule has 2 rings (SSSR count). The third-order valence-electron chi connectivity index (χ3n) is 2.43. The molecule has 1 N–H and O–H groups in total. The van der Waals surface area contributed by atoms with E-state index in [1.807, 2.05) is 31.2 Å². The molecule has 1 aromatic carbocycles. The van der Waals surface area contributed by atoms with Crippen molar-refractivity contribution in [1.29, 1.82) is 0 Å². The molecule has 0 radical (unpaired) electrons. The van der Waals surface area contributed by atoms with Crippen molar-refractivity contribution in [1.82, 2.24) is 5.32 Å². The van der Waals surface area contributed by atoms with Crippen molar-refractivity contribution < 1.29 is 4.42 Å². The summed E-state index contributed by atoms with van der Waals surface area (Å²) in [5.41, 5.74) is 2.34. The average molecular weight is 236 g/mol. The summed E-state index contributed by atoms with van der Waals surface area (Å²) in [6.07, 6.45) is 1.68. The number of rotatable bonds is 4. The third kappa shape index (κ3) is 2.87. The maximum atomic E-state index is 5.96. The lowest BCUT2D eigenvalue weighted by molar-refractivity contribution is 0.483. The quantitative estimate of drug-likeness (QED) is 0.877. The number of aryl methyl sites for hydroxylation is 1. The van der Waals surface area contributed by atoms with Crippen LogP contribution in [0.2, 0.25) is 5.02 Å². The zero-order chi connectivity index (χ0) is 11.4. The number of hydrogen-bond donors (Lipinski definition) is 1. The Hall–Kier alpha value is -1.25. The van der Waals surface area contributed by atoms with E-state index in [4.69, 9.17) is 16.0 Å². The van der Waals surface area contributed by atoms with Crippen LogP contribution in [-0.4, -0.2) is 0 Å². The molecule has 2 aromatic rings. The number of halogens is 1. The molecule has 0 amide bonds. The monoisotopic (exact) mass is 235 g/mol. The highest BCUT2D eigenvalue weighted by molar-refractivity contribution is 6.31. The molecule has 0 atom stereocenters. The summed E-state index contributed by atoms with van der Waals surface area (Å²) >= 11 is 5.96. The molecule has 0 fully saturated rings. The van der Waals surface area contributed by atoms with Gasteiger partial charge < -0.3 is 9.73 Å². The van der Waals surface area contributed by atoms with E-state index in [2.05, 4.69) is 11.4 Å². The van der Waals surface area contributed by atoms with Crippen LogP contribution in [-0.2, 0) is 13.1 Å². The minimum absolute atomic E-state index is 0.745. The Morgan fingerprint density at radius 2 is 2.12 bits per heavy atom. The largest absolute Gasteiger partial charge is 0.468 e. The fraction of sp³-hybridized carbons (Fsp3) is 0.231. The first kappa shape index (κ1) is 11.2. The molecule has 84 valence electrons. The van der Waals surface area contributed by atoms with E-state index < -0.39 is 0 Å². The molecule has 0 saturated heterocycles. The molecule has 1 heterocycles. The second-order valence-corrected chi connectivity index (χ2v) is 4.17. The van der Waals surface area contributed by atoms with Gasteiger partial charge in [-0.25, -0.2) is 0 Å². The first-order valence-corrected chi connectivity index (χ1v) is 5.61. The van der Waals surface area contributed by atoms with Gasteiger partial charge >= 0.3 is 0 Å². The van der Waals surface area contributed by atoms with E-state index in [1.165, 1.54) is 5.56 Å². The minimum atomic E-state index is 0.745. The standard InChI is InChI=1S/C13H14ClNO/c1-10-7-11(4-5-13(10)14)8-15-9-12-3-2-6-16-12/h2-7,15H,8-9H2,1H3. The van der Waals surface area contributed by atoms with Crippen LogP contribution in [0.15, 0.2) is 41.0 Å². The van der Waals surface area contributed by atoms with Gasteiger partial charge in [-0.05, 0) is 36.2 Å². The summed E-state index contributed by atoms with van der Waals surface area (Å²) in [5.74, 6) is 0.950. The summed E-state index contributed by atoms with van der Waals surface area (Å²) in [6, 6.07) is 9.91. The second kappa shape index (κ2) is 5.19. The van der Waals surface area contributed by atoms with Crippen LogP contribution >= 0.6 is 11.6 Å². The molecular formula is C13H14ClNO. The van der Waals surface area contributed by atoms with Gasteiger partial charge in [-0.3, -0.25) is 0 Å². The Morgan fingerprint density at radius 1 is 1.25 bits per heavy atom. The first-order chi connectivity index (χ1) is 7.75. The van der Waals surface area contributed by atoms with Crippen LogP contribution in [0.3, 0.4) is 0 Å². The fourth-order valence-corrected chi connectivity index (χ4v) is 1.68. The molecule has 0 spiro atoms. The predicted octanol–water partition coefficient (Wildman–Crippen LogP) is 3.53. The fourth-order valence-electron chi connectivity index (χ4n) is 1.56. The van der Waals surface area contributed by atoms with E-state index in [0.29, 0.717) is 0 Å². The Bertz CT molecular complexity index is 451. The van der Waals surface area contributed by atoms with Gasteiger partial charge in [0, 0.05) is 11.6 Å². The predicted molar refractivity (Wildman–Crippen MR) is 65.4 cm³/mol. The van der Waals surface area contributed by atoms with Gasteiger partial charge in [0.25, 0.3) is 0 Å².